The summed E-state index contributed by atoms with van der Waals surface area (Å²) >= 11 is 0. The van der Waals surface area contributed by atoms with Gasteiger partial charge in [-0.05, 0) is 49.8 Å². The molecule has 2 N–H and O–H groups in total. The molecule has 0 radical (unpaired) electrons. The van der Waals surface area contributed by atoms with Crippen LogP contribution in [0.5, 0.6) is 5.75 Å². The number of hydrogen-bond donors (Lipinski definition) is 2. The Labute approximate surface area is 113 Å². The number of aliphatic carboxylic acids is 1. The van der Waals surface area contributed by atoms with Crippen LogP contribution in [-0.4, -0.2) is 30.3 Å². The highest BCUT2D eigenvalue weighted by molar-refractivity contribution is 5.74. The summed E-state index contributed by atoms with van der Waals surface area (Å²) < 4.78 is 5.69. The van der Waals surface area contributed by atoms with E-state index in [1.54, 1.807) is 0 Å². The Kier molecular flexibility index (Phi) is 4.43. The quantitative estimate of drug-likeness (QED) is 0.740. The lowest BCUT2D eigenvalue weighted by atomic mass is 10.1. The molecule has 0 aromatic heterocycles. The Balaban J connectivity index is 1.77. The van der Waals surface area contributed by atoms with E-state index in [0.717, 1.165) is 29.7 Å². The molecule has 1 fully saturated rings. The number of hydrogen-bond acceptors (Lipinski definition) is 3. The fourth-order valence-electron chi connectivity index (χ4n) is 2.12. The second-order valence-corrected chi connectivity index (χ2v) is 5.22. The second-order valence-electron chi connectivity index (χ2n) is 5.22. The fourth-order valence-corrected chi connectivity index (χ4v) is 2.12. The third-order valence-corrected chi connectivity index (χ3v) is 3.43. The first kappa shape index (κ1) is 13.9. The van der Waals surface area contributed by atoms with Gasteiger partial charge in [0.05, 0.1) is 0 Å². The zero-order valence-electron chi connectivity index (χ0n) is 11.5. The lowest BCUT2D eigenvalue weighted by Crippen LogP contribution is -2.40. The number of carbonyl (C=O) groups is 1. The average molecular weight is 263 g/mol. The Morgan fingerprint density at radius 1 is 1.47 bits per heavy atom. The minimum atomic E-state index is -0.755. The molecule has 1 atom stereocenters. The van der Waals surface area contributed by atoms with E-state index in [-0.39, 0.29) is 0 Å². The highest BCUT2D eigenvalue weighted by atomic mass is 16.5. The zero-order valence-corrected chi connectivity index (χ0v) is 11.5. The summed E-state index contributed by atoms with van der Waals surface area (Å²) in [6, 6.07) is 5.67. The largest absolute Gasteiger partial charge is 0.492 e. The molecule has 0 spiro atoms. The fraction of sp³-hybridized carbons (Fsp3) is 0.533. The summed E-state index contributed by atoms with van der Waals surface area (Å²) in [6.45, 7) is 5.08. The molecule has 0 saturated heterocycles. The van der Waals surface area contributed by atoms with Gasteiger partial charge in [-0.2, -0.15) is 0 Å². The Morgan fingerprint density at radius 2 is 2.21 bits per heavy atom. The highest BCUT2D eigenvalue weighted by Crippen LogP contribution is 2.32. The molecule has 0 heterocycles. The monoisotopic (exact) mass is 263 g/mol. The maximum absolute atomic E-state index is 11.0. The third kappa shape index (κ3) is 3.96. The van der Waals surface area contributed by atoms with Crippen molar-refractivity contribution in [3.8, 4) is 5.75 Å². The maximum Gasteiger partial charge on any atom is 0.320 e. The molecule has 1 aromatic carbocycles. The number of ether oxygens (including phenoxy) is 1. The number of aryl methyl sites for hydroxylation is 2. The molecule has 1 aliphatic rings. The van der Waals surface area contributed by atoms with E-state index in [2.05, 4.69) is 5.32 Å². The van der Waals surface area contributed by atoms with Gasteiger partial charge in [-0.1, -0.05) is 12.1 Å². The van der Waals surface area contributed by atoms with Gasteiger partial charge in [-0.15, -0.1) is 0 Å². The highest BCUT2D eigenvalue weighted by Gasteiger charge is 2.35. The SMILES string of the molecule is Cc1ccc(C)c(OCCNC(C(=O)O)C2CC2)c1. The molecule has 4 nitrogen and oxygen atoms in total. The van der Waals surface area contributed by atoms with Crippen molar-refractivity contribution in [2.75, 3.05) is 13.2 Å². The minimum absolute atomic E-state index is 0.304. The van der Waals surface area contributed by atoms with Crippen LogP contribution in [0, 0.1) is 19.8 Å². The van der Waals surface area contributed by atoms with Gasteiger partial charge in [-0.3, -0.25) is 4.79 Å². The van der Waals surface area contributed by atoms with Gasteiger partial charge in [0.2, 0.25) is 0 Å². The van der Waals surface area contributed by atoms with Gasteiger partial charge in [-0.25, -0.2) is 0 Å². The van der Waals surface area contributed by atoms with Crippen molar-refractivity contribution in [2.45, 2.75) is 32.7 Å². The normalized spacial score (nSPS) is 16.1. The molecule has 1 unspecified atom stereocenters. The summed E-state index contributed by atoms with van der Waals surface area (Å²) in [5.41, 5.74) is 2.26. The minimum Gasteiger partial charge on any atom is -0.492 e. The zero-order chi connectivity index (χ0) is 13.8. The molecule has 19 heavy (non-hydrogen) atoms. The summed E-state index contributed by atoms with van der Waals surface area (Å²) in [5.74, 6) is 0.424. The standard InChI is InChI=1S/C15H21NO3/c1-10-3-4-11(2)13(9-10)19-8-7-16-14(15(17)18)12-5-6-12/h3-4,9,12,14,16H,5-8H2,1-2H3,(H,17,18). The summed E-state index contributed by atoms with van der Waals surface area (Å²) in [4.78, 5) is 11.0. The van der Waals surface area contributed by atoms with Crippen molar-refractivity contribution >= 4 is 5.97 Å². The first-order chi connectivity index (χ1) is 9.08. The van der Waals surface area contributed by atoms with Crippen molar-refractivity contribution in [2.24, 2.45) is 5.92 Å². The number of carboxylic acids is 1. The van der Waals surface area contributed by atoms with Crippen molar-refractivity contribution in [3.05, 3.63) is 29.3 Å². The molecule has 1 aliphatic carbocycles. The van der Waals surface area contributed by atoms with E-state index in [9.17, 15) is 4.79 Å². The van der Waals surface area contributed by atoms with Crippen molar-refractivity contribution in [1.29, 1.82) is 0 Å². The maximum atomic E-state index is 11.0. The Hall–Kier alpha value is -1.55. The van der Waals surface area contributed by atoms with Crippen LogP contribution in [0.3, 0.4) is 0 Å². The molecule has 2 rings (SSSR count). The molecule has 1 aromatic rings. The number of carboxylic acid groups (broad SMARTS) is 1. The lowest BCUT2D eigenvalue weighted by molar-refractivity contribution is -0.140. The summed E-state index contributed by atoms with van der Waals surface area (Å²) in [5, 5.41) is 12.1. The predicted molar refractivity (Wildman–Crippen MR) is 73.6 cm³/mol. The molecular formula is C15H21NO3. The van der Waals surface area contributed by atoms with Gasteiger partial charge in [0, 0.05) is 6.54 Å². The molecule has 0 aliphatic heterocycles. The van der Waals surface area contributed by atoms with E-state index in [0.29, 0.717) is 19.1 Å². The molecule has 0 amide bonds. The Bertz CT molecular complexity index is 455. The smallest absolute Gasteiger partial charge is 0.320 e. The molecule has 104 valence electrons. The number of nitrogens with one attached hydrogen (secondary N) is 1. The van der Waals surface area contributed by atoms with Gasteiger partial charge >= 0.3 is 5.97 Å². The number of rotatable bonds is 7. The lowest BCUT2D eigenvalue weighted by Gasteiger charge is -2.14. The third-order valence-electron chi connectivity index (χ3n) is 3.43. The van der Waals surface area contributed by atoms with E-state index < -0.39 is 12.0 Å². The van der Waals surface area contributed by atoms with E-state index in [4.69, 9.17) is 9.84 Å². The van der Waals surface area contributed by atoms with Gasteiger partial charge in [0.1, 0.15) is 18.4 Å². The first-order valence-electron chi connectivity index (χ1n) is 6.74. The van der Waals surface area contributed by atoms with Crippen LogP contribution < -0.4 is 10.1 Å². The van der Waals surface area contributed by atoms with E-state index in [1.807, 2.05) is 32.0 Å². The topological polar surface area (TPSA) is 58.6 Å². The van der Waals surface area contributed by atoms with Crippen LogP contribution in [0.1, 0.15) is 24.0 Å². The van der Waals surface area contributed by atoms with Crippen LogP contribution >= 0.6 is 0 Å². The van der Waals surface area contributed by atoms with Gasteiger partial charge < -0.3 is 15.2 Å². The Morgan fingerprint density at radius 3 is 2.84 bits per heavy atom. The average Bonchev–Trinajstić information content (AvgIpc) is 3.17. The van der Waals surface area contributed by atoms with Crippen LogP contribution in [0.15, 0.2) is 18.2 Å². The van der Waals surface area contributed by atoms with Crippen molar-refractivity contribution < 1.29 is 14.6 Å². The summed E-state index contributed by atoms with van der Waals surface area (Å²) in [6.07, 6.45) is 2.03. The molecule has 0 bridgehead atoms. The van der Waals surface area contributed by atoms with Crippen LogP contribution in [0.2, 0.25) is 0 Å². The second kappa shape index (κ2) is 6.06. The molecule has 4 heteroatoms. The van der Waals surface area contributed by atoms with Crippen LogP contribution in [0.4, 0.5) is 0 Å². The summed E-state index contributed by atoms with van der Waals surface area (Å²) in [7, 11) is 0. The van der Waals surface area contributed by atoms with Crippen LogP contribution in [0.25, 0.3) is 0 Å². The van der Waals surface area contributed by atoms with Crippen LogP contribution in [-0.2, 0) is 4.79 Å². The van der Waals surface area contributed by atoms with Gasteiger partial charge in [0.25, 0.3) is 0 Å². The first-order valence-corrected chi connectivity index (χ1v) is 6.74. The molecule has 1 saturated carbocycles. The van der Waals surface area contributed by atoms with Crippen molar-refractivity contribution in [1.82, 2.24) is 5.32 Å². The van der Waals surface area contributed by atoms with E-state index >= 15 is 0 Å². The van der Waals surface area contributed by atoms with Gasteiger partial charge in [0.15, 0.2) is 0 Å². The van der Waals surface area contributed by atoms with Crippen molar-refractivity contribution in [3.63, 3.8) is 0 Å². The molecular weight excluding hydrogens is 242 g/mol. The van der Waals surface area contributed by atoms with E-state index in [1.165, 1.54) is 0 Å². The predicted octanol–water partition coefficient (Wildman–Crippen LogP) is 2.14. The number of benzene rings is 1.